The molecule has 1 saturated heterocycles. The van der Waals surface area contributed by atoms with E-state index in [4.69, 9.17) is 33.2 Å². The summed E-state index contributed by atoms with van der Waals surface area (Å²) in [4.78, 5) is 26.6. The summed E-state index contributed by atoms with van der Waals surface area (Å²) in [5, 5.41) is -0.0859. The normalized spacial score (nSPS) is 14.7. The maximum absolute atomic E-state index is 12.9. The van der Waals surface area contributed by atoms with Crippen molar-refractivity contribution in [1.29, 1.82) is 0 Å². The summed E-state index contributed by atoms with van der Waals surface area (Å²) in [5.74, 6) is 1.19. The van der Waals surface area contributed by atoms with E-state index in [0.29, 0.717) is 22.8 Å². The Kier molecular flexibility index (Phi) is 6.04. The SMILES string of the molecule is Cc1cnc(-c2ccnc(C3CCOCC3)n2)cc1-n1c(C)cc(OCl)c(Cl)c1=O. The van der Waals surface area contributed by atoms with Crippen LogP contribution >= 0.6 is 23.5 Å². The van der Waals surface area contributed by atoms with Crippen LogP contribution in [0.4, 0.5) is 0 Å². The minimum Gasteiger partial charge on any atom is -0.384 e. The Morgan fingerprint density at radius 2 is 1.93 bits per heavy atom. The van der Waals surface area contributed by atoms with E-state index < -0.39 is 5.56 Å². The summed E-state index contributed by atoms with van der Waals surface area (Å²) >= 11 is 11.6. The van der Waals surface area contributed by atoms with Gasteiger partial charge in [-0.15, -0.1) is 0 Å². The van der Waals surface area contributed by atoms with E-state index >= 15 is 0 Å². The molecule has 1 aliphatic rings. The summed E-state index contributed by atoms with van der Waals surface area (Å²) in [5.41, 5.74) is 3.04. The molecule has 9 heteroatoms. The topological polar surface area (TPSA) is 79.1 Å². The fourth-order valence-corrected chi connectivity index (χ4v) is 3.94. The zero-order valence-electron chi connectivity index (χ0n) is 16.6. The number of aryl methyl sites for hydroxylation is 2. The zero-order valence-corrected chi connectivity index (χ0v) is 18.1. The number of aromatic nitrogens is 4. The van der Waals surface area contributed by atoms with Gasteiger partial charge in [-0.3, -0.25) is 14.3 Å². The van der Waals surface area contributed by atoms with Gasteiger partial charge < -0.3 is 9.03 Å². The number of hydrogen-bond donors (Lipinski definition) is 0. The molecular weight excluding hydrogens is 427 g/mol. The van der Waals surface area contributed by atoms with Crippen LogP contribution in [0.5, 0.6) is 5.75 Å². The average Bonchev–Trinajstić information content (AvgIpc) is 2.78. The first-order valence-electron chi connectivity index (χ1n) is 9.58. The molecule has 4 rings (SSSR count). The van der Waals surface area contributed by atoms with Crippen molar-refractivity contribution in [2.75, 3.05) is 13.2 Å². The van der Waals surface area contributed by atoms with Gasteiger partial charge in [0.05, 0.1) is 17.1 Å². The van der Waals surface area contributed by atoms with Crippen molar-refractivity contribution >= 4 is 23.5 Å². The summed E-state index contributed by atoms with van der Waals surface area (Å²) in [6.45, 7) is 5.10. The van der Waals surface area contributed by atoms with Crippen molar-refractivity contribution < 1.29 is 9.03 Å². The van der Waals surface area contributed by atoms with Crippen LogP contribution in [0.2, 0.25) is 5.02 Å². The minimum atomic E-state index is -0.418. The van der Waals surface area contributed by atoms with E-state index in [9.17, 15) is 4.79 Å². The summed E-state index contributed by atoms with van der Waals surface area (Å²) < 4.78 is 11.6. The first-order chi connectivity index (χ1) is 14.5. The number of pyridine rings is 2. The molecule has 30 heavy (non-hydrogen) atoms. The lowest BCUT2D eigenvalue weighted by Crippen LogP contribution is -2.22. The summed E-state index contributed by atoms with van der Waals surface area (Å²) in [6.07, 6.45) is 5.26. The van der Waals surface area contributed by atoms with Gasteiger partial charge in [-0.25, -0.2) is 9.97 Å². The fourth-order valence-electron chi connectivity index (χ4n) is 3.60. The second kappa shape index (κ2) is 8.71. The lowest BCUT2D eigenvalue weighted by atomic mass is 9.99. The Morgan fingerprint density at radius 3 is 2.67 bits per heavy atom. The number of ether oxygens (including phenoxy) is 1. The van der Waals surface area contributed by atoms with Crippen LogP contribution in [0.15, 0.2) is 35.4 Å². The molecule has 156 valence electrons. The average molecular weight is 447 g/mol. The maximum atomic E-state index is 12.9. The highest BCUT2D eigenvalue weighted by atomic mass is 35.5. The standard InChI is InChI=1S/C21H20Cl2N4O3/c1-12-11-25-16(15-3-6-24-20(26-15)14-4-7-29-8-5-14)10-17(12)27-13(2)9-18(30-23)19(22)21(27)28/h3,6,9-11,14H,4-5,7-8H2,1-2H3. The van der Waals surface area contributed by atoms with Gasteiger partial charge in [0.1, 0.15) is 17.7 Å². The van der Waals surface area contributed by atoms with E-state index in [2.05, 4.69) is 14.3 Å². The van der Waals surface area contributed by atoms with Crippen molar-refractivity contribution in [2.24, 2.45) is 0 Å². The van der Waals surface area contributed by atoms with Crippen LogP contribution in [0.1, 0.15) is 35.8 Å². The third kappa shape index (κ3) is 3.93. The first kappa shape index (κ1) is 20.8. The molecule has 0 aliphatic carbocycles. The van der Waals surface area contributed by atoms with Crippen molar-refractivity contribution in [2.45, 2.75) is 32.6 Å². The van der Waals surface area contributed by atoms with Gasteiger partial charge in [0.2, 0.25) is 0 Å². The lowest BCUT2D eigenvalue weighted by Gasteiger charge is -2.21. The Morgan fingerprint density at radius 1 is 1.17 bits per heavy atom. The molecule has 0 atom stereocenters. The van der Waals surface area contributed by atoms with Crippen molar-refractivity contribution in [3.8, 4) is 22.8 Å². The third-order valence-corrected chi connectivity index (χ3v) is 5.74. The van der Waals surface area contributed by atoms with Gasteiger partial charge in [0, 0.05) is 43.3 Å². The fraction of sp³-hybridized carbons (Fsp3) is 0.333. The number of rotatable bonds is 4. The van der Waals surface area contributed by atoms with Crippen molar-refractivity contribution in [3.63, 3.8) is 0 Å². The second-order valence-corrected chi connectivity index (χ2v) is 7.76. The van der Waals surface area contributed by atoms with Gasteiger partial charge in [-0.05, 0) is 44.4 Å². The Balaban J connectivity index is 1.79. The van der Waals surface area contributed by atoms with Gasteiger partial charge in [0.15, 0.2) is 10.8 Å². The second-order valence-electron chi connectivity index (χ2n) is 7.22. The van der Waals surface area contributed by atoms with Gasteiger partial charge in [0.25, 0.3) is 5.56 Å². The minimum absolute atomic E-state index is 0.0859. The molecule has 1 fully saturated rings. The summed E-state index contributed by atoms with van der Waals surface area (Å²) in [7, 11) is 0. The highest BCUT2D eigenvalue weighted by Gasteiger charge is 2.20. The highest BCUT2D eigenvalue weighted by molar-refractivity contribution is 6.32. The molecule has 0 radical (unpaired) electrons. The van der Waals surface area contributed by atoms with Gasteiger partial charge in [-0.2, -0.15) is 0 Å². The molecular formula is C21H20Cl2N4O3. The van der Waals surface area contributed by atoms with E-state index in [1.165, 1.54) is 4.57 Å². The smallest absolute Gasteiger partial charge is 0.277 e. The summed E-state index contributed by atoms with van der Waals surface area (Å²) in [6, 6.07) is 5.26. The van der Waals surface area contributed by atoms with Crippen LogP contribution in [0, 0.1) is 13.8 Å². The Hall–Kier alpha value is -2.48. The molecule has 3 aromatic heterocycles. The number of hydrogen-bond acceptors (Lipinski definition) is 6. The van der Waals surface area contributed by atoms with E-state index in [1.54, 1.807) is 25.4 Å². The predicted octanol–water partition coefficient (Wildman–Crippen LogP) is 4.39. The molecule has 0 unspecified atom stereocenters. The molecule has 0 bridgehead atoms. The van der Waals surface area contributed by atoms with Gasteiger partial charge in [-0.1, -0.05) is 11.6 Å². The molecule has 0 amide bonds. The van der Waals surface area contributed by atoms with Crippen molar-refractivity contribution in [3.05, 3.63) is 63.1 Å². The quantitative estimate of drug-likeness (QED) is 0.591. The maximum Gasteiger partial charge on any atom is 0.277 e. The molecule has 7 nitrogen and oxygen atoms in total. The Labute approximate surface area is 183 Å². The molecule has 0 N–H and O–H groups in total. The molecule has 0 spiro atoms. The lowest BCUT2D eigenvalue weighted by molar-refractivity contribution is 0.0836. The van der Waals surface area contributed by atoms with Crippen LogP contribution in [0.3, 0.4) is 0 Å². The Bertz CT molecular complexity index is 1140. The highest BCUT2D eigenvalue weighted by Crippen LogP contribution is 2.28. The molecule has 0 aromatic carbocycles. The van der Waals surface area contributed by atoms with Crippen LogP contribution < -0.4 is 9.85 Å². The monoisotopic (exact) mass is 446 g/mol. The molecule has 1 aliphatic heterocycles. The largest absolute Gasteiger partial charge is 0.384 e. The zero-order chi connectivity index (χ0) is 21.3. The van der Waals surface area contributed by atoms with E-state index in [1.807, 2.05) is 19.1 Å². The van der Waals surface area contributed by atoms with Crippen molar-refractivity contribution in [1.82, 2.24) is 19.5 Å². The number of halogens is 2. The van der Waals surface area contributed by atoms with Crippen LogP contribution in [0.25, 0.3) is 17.1 Å². The van der Waals surface area contributed by atoms with E-state index in [0.717, 1.165) is 37.4 Å². The molecule has 3 aromatic rings. The van der Waals surface area contributed by atoms with Gasteiger partial charge >= 0.3 is 0 Å². The van der Waals surface area contributed by atoms with E-state index in [-0.39, 0.29) is 16.7 Å². The molecule has 0 saturated carbocycles. The third-order valence-electron chi connectivity index (χ3n) is 5.22. The van der Waals surface area contributed by atoms with Crippen LogP contribution in [-0.2, 0) is 4.74 Å². The first-order valence-corrected chi connectivity index (χ1v) is 10.3. The molecule has 4 heterocycles. The predicted molar refractivity (Wildman–Crippen MR) is 115 cm³/mol. The van der Waals surface area contributed by atoms with Crippen LogP contribution in [-0.4, -0.2) is 32.7 Å². The number of nitrogens with zero attached hydrogens (tertiary/aromatic N) is 4.